The zero-order valence-electron chi connectivity index (χ0n) is 10.4. The minimum Gasteiger partial charge on any atom is -0.481 e. The van der Waals surface area contributed by atoms with Crippen molar-refractivity contribution >= 4 is 0 Å². The van der Waals surface area contributed by atoms with Crippen molar-refractivity contribution in [2.75, 3.05) is 0 Å². The van der Waals surface area contributed by atoms with Crippen LogP contribution in [-0.2, 0) is 13.2 Å². The summed E-state index contributed by atoms with van der Waals surface area (Å²) in [6, 6.07) is 7.42. The fourth-order valence-corrected chi connectivity index (χ4v) is 1.67. The number of halogens is 2. The average molecular weight is 265 g/mol. The Labute approximate surface area is 109 Å². The maximum Gasteiger partial charge on any atom is 0.191 e. The lowest BCUT2D eigenvalue weighted by molar-refractivity contribution is 0.263. The van der Waals surface area contributed by atoms with Gasteiger partial charge >= 0.3 is 0 Å². The summed E-state index contributed by atoms with van der Waals surface area (Å²) in [4.78, 5) is 4.17. The largest absolute Gasteiger partial charge is 0.481 e. The van der Waals surface area contributed by atoms with Crippen molar-refractivity contribution in [2.45, 2.75) is 20.1 Å². The second-order valence-corrected chi connectivity index (χ2v) is 4.11. The van der Waals surface area contributed by atoms with Crippen molar-refractivity contribution in [1.82, 2.24) is 4.98 Å². The van der Waals surface area contributed by atoms with Gasteiger partial charge in [-0.15, -0.1) is 0 Å². The van der Waals surface area contributed by atoms with Gasteiger partial charge in [-0.3, -0.25) is 4.98 Å². The number of ether oxygens (including phenoxy) is 1. The Morgan fingerprint density at radius 2 is 1.89 bits per heavy atom. The number of pyridine rings is 1. The fourth-order valence-electron chi connectivity index (χ4n) is 1.67. The van der Waals surface area contributed by atoms with Crippen LogP contribution in [0.4, 0.5) is 8.78 Å². The van der Waals surface area contributed by atoms with Crippen LogP contribution in [0.15, 0.2) is 30.3 Å². The predicted octanol–water partition coefficient (Wildman–Crippen LogP) is 2.74. The predicted molar refractivity (Wildman–Crippen MR) is 65.6 cm³/mol. The van der Waals surface area contributed by atoms with Gasteiger partial charge in [0.15, 0.2) is 17.4 Å². The highest BCUT2D eigenvalue weighted by molar-refractivity contribution is 5.31. The molecule has 0 aliphatic carbocycles. The number of hydrogen-bond acceptors (Lipinski definition) is 3. The van der Waals surface area contributed by atoms with Crippen LogP contribution < -0.4 is 4.74 Å². The Kier molecular flexibility index (Phi) is 4.06. The van der Waals surface area contributed by atoms with E-state index in [-0.39, 0.29) is 12.2 Å². The van der Waals surface area contributed by atoms with Crippen molar-refractivity contribution in [3.8, 4) is 5.75 Å². The van der Waals surface area contributed by atoms with Crippen molar-refractivity contribution < 1.29 is 18.6 Å². The highest BCUT2D eigenvalue weighted by Gasteiger charge is 2.12. The summed E-state index contributed by atoms with van der Waals surface area (Å²) < 4.78 is 32.3. The Bertz CT molecular complexity index is 564. The fraction of sp³-hybridized carbons (Fsp3) is 0.214. The molecule has 0 fully saturated rings. The van der Waals surface area contributed by atoms with Gasteiger partial charge in [0.05, 0.1) is 12.3 Å². The highest BCUT2D eigenvalue weighted by atomic mass is 19.1. The van der Waals surface area contributed by atoms with Crippen LogP contribution in [0.5, 0.6) is 5.75 Å². The third-order valence-corrected chi connectivity index (χ3v) is 2.55. The SMILES string of the molecule is Cc1cccc(COc2c(F)cc(CO)cc2F)n1. The maximum absolute atomic E-state index is 13.6. The summed E-state index contributed by atoms with van der Waals surface area (Å²) in [5.74, 6) is -2.13. The zero-order chi connectivity index (χ0) is 13.8. The van der Waals surface area contributed by atoms with E-state index in [2.05, 4.69) is 4.98 Å². The second kappa shape index (κ2) is 5.75. The van der Waals surface area contributed by atoms with Gasteiger partial charge in [-0.05, 0) is 36.8 Å². The second-order valence-electron chi connectivity index (χ2n) is 4.11. The lowest BCUT2D eigenvalue weighted by atomic mass is 10.2. The smallest absolute Gasteiger partial charge is 0.191 e. The van der Waals surface area contributed by atoms with E-state index < -0.39 is 24.0 Å². The van der Waals surface area contributed by atoms with E-state index in [9.17, 15) is 8.78 Å². The van der Waals surface area contributed by atoms with Crippen molar-refractivity contribution in [1.29, 1.82) is 0 Å². The number of rotatable bonds is 4. The highest BCUT2D eigenvalue weighted by Crippen LogP contribution is 2.24. The minimum atomic E-state index is -0.836. The van der Waals surface area contributed by atoms with Crippen LogP contribution in [0.2, 0.25) is 0 Å². The molecule has 0 saturated heterocycles. The molecule has 0 spiro atoms. The lowest BCUT2D eigenvalue weighted by Gasteiger charge is -2.09. The molecule has 0 atom stereocenters. The van der Waals surface area contributed by atoms with Gasteiger partial charge in [-0.1, -0.05) is 6.07 Å². The van der Waals surface area contributed by atoms with Crippen LogP contribution in [0.1, 0.15) is 17.0 Å². The molecule has 1 aromatic carbocycles. The molecule has 0 bridgehead atoms. The Morgan fingerprint density at radius 3 is 2.47 bits per heavy atom. The number of benzene rings is 1. The molecule has 0 aliphatic heterocycles. The Balaban J connectivity index is 2.16. The number of aromatic nitrogens is 1. The molecule has 0 unspecified atom stereocenters. The quantitative estimate of drug-likeness (QED) is 0.924. The molecule has 19 heavy (non-hydrogen) atoms. The maximum atomic E-state index is 13.6. The van der Waals surface area contributed by atoms with Gasteiger partial charge in [0.1, 0.15) is 6.61 Å². The summed E-state index contributed by atoms with van der Waals surface area (Å²) in [6.45, 7) is 1.38. The Hall–Kier alpha value is -2.01. The summed E-state index contributed by atoms with van der Waals surface area (Å²) >= 11 is 0. The summed E-state index contributed by atoms with van der Waals surface area (Å²) in [5.41, 5.74) is 1.55. The molecule has 100 valence electrons. The average Bonchev–Trinajstić information content (AvgIpc) is 2.37. The lowest BCUT2D eigenvalue weighted by Crippen LogP contribution is -2.03. The molecule has 5 heteroatoms. The molecule has 0 amide bonds. The third kappa shape index (κ3) is 3.26. The van der Waals surface area contributed by atoms with E-state index >= 15 is 0 Å². The van der Waals surface area contributed by atoms with E-state index in [1.165, 1.54) is 0 Å². The van der Waals surface area contributed by atoms with Gasteiger partial charge in [0.25, 0.3) is 0 Å². The van der Waals surface area contributed by atoms with E-state index in [1.54, 1.807) is 12.1 Å². The van der Waals surface area contributed by atoms with Gasteiger partial charge in [0, 0.05) is 5.69 Å². The molecule has 1 heterocycles. The molecule has 2 rings (SSSR count). The van der Waals surface area contributed by atoms with Crippen LogP contribution >= 0.6 is 0 Å². The Morgan fingerprint density at radius 1 is 1.21 bits per heavy atom. The zero-order valence-corrected chi connectivity index (χ0v) is 10.4. The topological polar surface area (TPSA) is 42.4 Å². The molecule has 0 radical (unpaired) electrons. The first-order chi connectivity index (χ1) is 9.10. The summed E-state index contributed by atoms with van der Waals surface area (Å²) in [5, 5.41) is 8.83. The van der Waals surface area contributed by atoms with Gasteiger partial charge < -0.3 is 9.84 Å². The van der Waals surface area contributed by atoms with E-state index in [4.69, 9.17) is 9.84 Å². The third-order valence-electron chi connectivity index (χ3n) is 2.55. The number of aliphatic hydroxyl groups is 1. The molecule has 0 aliphatic rings. The van der Waals surface area contributed by atoms with Crippen LogP contribution in [0, 0.1) is 18.6 Å². The number of nitrogens with zero attached hydrogens (tertiary/aromatic N) is 1. The molecular formula is C14H13F2NO2. The van der Waals surface area contributed by atoms with Crippen molar-refractivity contribution in [3.63, 3.8) is 0 Å². The van der Waals surface area contributed by atoms with Crippen LogP contribution in [0.25, 0.3) is 0 Å². The van der Waals surface area contributed by atoms with Gasteiger partial charge in [-0.2, -0.15) is 0 Å². The normalized spacial score (nSPS) is 10.5. The standard InChI is InChI=1S/C14H13F2NO2/c1-9-3-2-4-11(17-9)8-19-14-12(15)5-10(7-18)6-13(14)16/h2-6,18H,7-8H2,1H3. The van der Waals surface area contributed by atoms with E-state index in [1.807, 2.05) is 13.0 Å². The summed E-state index contributed by atoms with van der Waals surface area (Å²) in [6.07, 6.45) is 0. The molecular weight excluding hydrogens is 252 g/mol. The molecule has 0 saturated carbocycles. The van der Waals surface area contributed by atoms with Crippen LogP contribution in [0.3, 0.4) is 0 Å². The number of hydrogen-bond donors (Lipinski definition) is 1. The van der Waals surface area contributed by atoms with Gasteiger partial charge in [0.2, 0.25) is 0 Å². The van der Waals surface area contributed by atoms with Crippen molar-refractivity contribution in [3.05, 3.63) is 58.9 Å². The first-order valence-electron chi connectivity index (χ1n) is 5.74. The van der Waals surface area contributed by atoms with Gasteiger partial charge in [-0.25, -0.2) is 8.78 Å². The molecule has 2 aromatic rings. The summed E-state index contributed by atoms with van der Waals surface area (Å²) in [7, 11) is 0. The molecule has 1 aromatic heterocycles. The van der Waals surface area contributed by atoms with Crippen molar-refractivity contribution in [2.24, 2.45) is 0 Å². The number of aliphatic hydroxyl groups excluding tert-OH is 1. The monoisotopic (exact) mass is 265 g/mol. The van der Waals surface area contributed by atoms with E-state index in [0.717, 1.165) is 17.8 Å². The molecule has 1 N–H and O–H groups in total. The first kappa shape index (κ1) is 13.4. The van der Waals surface area contributed by atoms with E-state index in [0.29, 0.717) is 5.69 Å². The molecule has 3 nitrogen and oxygen atoms in total. The van der Waals surface area contributed by atoms with Crippen LogP contribution in [-0.4, -0.2) is 10.1 Å². The number of aryl methyl sites for hydroxylation is 1. The first-order valence-corrected chi connectivity index (χ1v) is 5.74. The minimum absolute atomic E-state index is 0.0198.